The molecule has 0 bridgehead atoms. The lowest BCUT2D eigenvalue weighted by molar-refractivity contribution is -0.133. The number of amides is 1. The molecule has 0 aromatic carbocycles. The van der Waals surface area contributed by atoms with Crippen LogP contribution in [0.25, 0.3) is 0 Å². The molecule has 3 rings (SSSR count). The van der Waals surface area contributed by atoms with E-state index in [0.717, 1.165) is 77.1 Å². The molecule has 0 saturated carbocycles. The van der Waals surface area contributed by atoms with Crippen molar-refractivity contribution in [3.8, 4) is 0 Å². The van der Waals surface area contributed by atoms with Crippen LogP contribution in [0.5, 0.6) is 0 Å². The summed E-state index contributed by atoms with van der Waals surface area (Å²) in [5.74, 6) is 0.847. The lowest BCUT2D eigenvalue weighted by Crippen LogP contribution is -2.43. The molecule has 0 N–H and O–H groups in total. The summed E-state index contributed by atoms with van der Waals surface area (Å²) in [5.41, 5.74) is 0.811. The van der Waals surface area contributed by atoms with E-state index in [-0.39, 0.29) is 11.0 Å². The van der Waals surface area contributed by atoms with Gasteiger partial charge in [-0.3, -0.25) is 14.2 Å². The van der Waals surface area contributed by atoms with Crippen LogP contribution in [0.2, 0.25) is 0 Å². The highest BCUT2D eigenvalue weighted by atomic mass is 16.2. The van der Waals surface area contributed by atoms with Crippen molar-refractivity contribution in [3.63, 3.8) is 0 Å². The first-order chi connectivity index (χ1) is 12.8. The minimum absolute atomic E-state index is 0.0564. The van der Waals surface area contributed by atoms with Crippen molar-refractivity contribution in [1.82, 2.24) is 19.4 Å². The summed E-state index contributed by atoms with van der Waals surface area (Å²) in [6.07, 6.45) is 6.83. The lowest BCUT2D eigenvalue weighted by Gasteiger charge is -2.34. The quantitative estimate of drug-likeness (QED) is 0.793. The van der Waals surface area contributed by atoms with Crippen LogP contribution < -0.4 is 5.56 Å². The number of carbonyl (C=O) groups excluding carboxylic acids is 1. The van der Waals surface area contributed by atoms with Gasteiger partial charge in [-0.2, -0.15) is 0 Å². The van der Waals surface area contributed by atoms with Gasteiger partial charge < -0.3 is 9.80 Å². The predicted octanol–water partition coefficient (Wildman–Crippen LogP) is 2.27. The molecule has 2 aliphatic rings. The molecule has 6 heteroatoms. The zero-order valence-corrected chi connectivity index (χ0v) is 17.1. The van der Waals surface area contributed by atoms with Crippen LogP contribution in [-0.4, -0.2) is 58.0 Å². The van der Waals surface area contributed by atoms with Gasteiger partial charge in [0, 0.05) is 44.1 Å². The third kappa shape index (κ3) is 5.41. The summed E-state index contributed by atoms with van der Waals surface area (Å²) >= 11 is 0. The summed E-state index contributed by atoms with van der Waals surface area (Å²) in [6, 6.07) is 1.69. The standard InChI is InChI=1S/C21H34N4O2/c1-21(2,3)18-14-20(27)25(16-22-18)15-17-7-10-23(11-8-17)12-13-24-9-5-4-6-19(24)26/h14,16-17H,4-13,15H2,1-3H3. The van der Waals surface area contributed by atoms with Crippen LogP contribution in [0, 0.1) is 5.92 Å². The van der Waals surface area contributed by atoms with Crippen LogP contribution in [0.1, 0.15) is 58.6 Å². The molecule has 6 nitrogen and oxygen atoms in total. The van der Waals surface area contributed by atoms with E-state index in [1.54, 1.807) is 17.0 Å². The fourth-order valence-corrected chi connectivity index (χ4v) is 4.00. The second-order valence-electron chi connectivity index (χ2n) is 9.14. The second kappa shape index (κ2) is 8.55. The Morgan fingerprint density at radius 1 is 1.07 bits per heavy atom. The SMILES string of the molecule is CC(C)(C)c1cc(=O)n(CC2CCN(CCN3CCCCC3=O)CC2)cn1. The molecule has 0 aliphatic carbocycles. The monoisotopic (exact) mass is 374 g/mol. The third-order valence-electron chi connectivity index (χ3n) is 5.92. The van der Waals surface area contributed by atoms with Crippen LogP contribution in [-0.2, 0) is 16.8 Å². The molecule has 0 spiro atoms. The highest BCUT2D eigenvalue weighted by Gasteiger charge is 2.23. The second-order valence-corrected chi connectivity index (χ2v) is 9.14. The first-order valence-corrected chi connectivity index (χ1v) is 10.4. The predicted molar refractivity (Wildman–Crippen MR) is 107 cm³/mol. The van der Waals surface area contributed by atoms with Gasteiger partial charge in [0.15, 0.2) is 0 Å². The zero-order valence-electron chi connectivity index (χ0n) is 17.1. The number of hydrogen-bond acceptors (Lipinski definition) is 4. The van der Waals surface area contributed by atoms with E-state index >= 15 is 0 Å². The fourth-order valence-electron chi connectivity index (χ4n) is 4.00. The minimum atomic E-state index is -0.0979. The molecule has 1 aromatic heterocycles. The Morgan fingerprint density at radius 3 is 2.44 bits per heavy atom. The Morgan fingerprint density at radius 2 is 1.81 bits per heavy atom. The number of rotatable bonds is 5. The van der Waals surface area contributed by atoms with Crippen molar-refractivity contribution < 1.29 is 4.79 Å². The summed E-state index contributed by atoms with van der Waals surface area (Å²) in [7, 11) is 0. The van der Waals surface area contributed by atoms with Gasteiger partial charge in [0.2, 0.25) is 5.91 Å². The maximum Gasteiger partial charge on any atom is 0.253 e. The molecule has 0 atom stereocenters. The molecule has 0 unspecified atom stereocenters. The number of hydrogen-bond donors (Lipinski definition) is 0. The Balaban J connectivity index is 1.45. The summed E-state index contributed by atoms with van der Waals surface area (Å²) < 4.78 is 1.77. The number of aromatic nitrogens is 2. The molecule has 0 radical (unpaired) electrons. The number of carbonyl (C=O) groups is 1. The highest BCUT2D eigenvalue weighted by molar-refractivity contribution is 5.76. The summed E-state index contributed by atoms with van der Waals surface area (Å²) in [4.78, 5) is 33.3. The van der Waals surface area contributed by atoms with Gasteiger partial charge in [-0.05, 0) is 44.7 Å². The maximum atomic E-state index is 12.4. The number of nitrogens with zero attached hydrogens (tertiary/aromatic N) is 4. The molecule has 2 saturated heterocycles. The maximum absolute atomic E-state index is 12.4. The van der Waals surface area contributed by atoms with Gasteiger partial charge in [0.05, 0.1) is 12.0 Å². The third-order valence-corrected chi connectivity index (χ3v) is 5.92. The van der Waals surface area contributed by atoms with E-state index < -0.39 is 0 Å². The van der Waals surface area contributed by atoms with Crippen molar-refractivity contribution in [1.29, 1.82) is 0 Å². The van der Waals surface area contributed by atoms with E-state index in [2.05, 4.69) is 30.7 Å². The van der Waals surface area contributed by atoms with Gasteiger partial charge >= 0.3 is 0 Å². The number of piperidine rings is 2. The van der Waals surface area contributed by atoms with Crippen molar-refractivity contribution in [2.24, 2.45) is 5.92 Å². The first-order valence-electron chi connectivity index (χ1n) is 10.4. The molecule has 1 aromatic rings. The van der Waals surface area contributed by atoms with Gasteiger partial charge in [-0.25, -0.2) is 4.98 Å². The Labute approximate surface area is 162 Å². The van der Waals surface area contributed by atoms with Crippen LogP contribution in [0.4, 0.5) is 0 Å². The van der Waals surface area contributed by atoms with Gasteiger partial charge in [-0.1, -0.05) is 20.8 Å². The van der Waals surface area contributed by atoms with E-state index in [1.165, 1.54) is 0 Å². The zero-order chi connectivity index (χ0) is 19.4. The van der Waals surface area contributed by atoms with Crippen molar-refractivity contribution in [2.45, 2.75) is 64.8 Å². The van der Waals surface area contributed by atoms with Crippen LogP contribution >= 0.6 is 0 Å². The van der Waals surface area contributed by atoms with Crippen molar-refractivity contribution in [3.05, 3.63) is 28.4 Å². The van der Waals surface area contributed by atoms with E-state index in [4.69, 9.17) is 0 Å². The van der Waals surface area contributed by atoms with Crippen molar-refractivity contribution in [2.75, 3.05) is 32.7 Å². The molecular formula is C21H34N4O2. The largest absolute Gasteiger partial charge is 0.341 e. The van der Waals surface area contributed by atoms with E-state index in [0.29, 0.717) is 11.8 Å². The van der Waals surface area contributed by atoms with Gasteiger partial charge in [0.25, 0.3) is 5.56 Å². The first kappa shape index (κ1) is 20.1. The molecule has 2 aliphatic heterocycles. The number of likely N-dealkylation sites (tertiary alicyclic amines) is 2. The molecule has 3 heterocycles. The summed E-state index contributed by atoms with van der Waals surface area (Å²) in [6.45, 7) is 11.8. The van der Waals surface area contributed by atoms with Crippen LogP contribution in [0.3, 0.4) is 0 Å². The fraction of sp³-hybridized carbons (Fsp3) is 0.762. The summed E-state index contributed by atoms with van der Waals surface area (Å²) in [5, 5.41) is 0. The smallest absolute Gasteiger partial charge is 0.253 e. The van der Waals surface area contributed by atoms with E-state index in [1.807, 2.05) is 4.90 Å². The Hall–Kier alpha value is -1.69. The van der Waals surface area contributed by atoms with Gasteiger partial charge in [0.1, 0.15) is 0 Å². The molecule has 27 heavy (non-hydrogen) atoms. The Kier molecular flexibility index (Phi) is 6.35. The minimum Gasteiger partial charge on any atom is -0.341 e. The highest BCUT2D eigenvalue weighted by Crippen LogP contribution is 2.20. The molecular weight excluding hydrogens is 340 g/mol. The Bertz CT molecular complexity index is 699. The van der Waals surface area contributed by atoms with Gasteiger partial charge in [-0.15, -0.1) is 0 Å². The topological polar surface area (TPSA) is 58.4 Å². The average molecular weight is 375 g/mol. The average Bonchev–Trinajstić information content (AvgIpc) is 2.63. The molecule has 150 valence electrons. The lowest BCUT2D eigenvalue weighted by atomic mass is 9.92. The molecule has 2 fully saturated rings. The molecule has 1 amide bonds. The normalized spacial score (nSPS) is 20.3. The van der Waals surface area contributed by atoms with Crippen molar-refractivity contribution >= 4 is 5.91 Å². The van der Waals surface area contributed by atoms with E-state index in [9.17, 15) is 9.59 Å². The van der Waals surface area contributed by atoms with Crippen LogP contribution in [0.15, 0.2) is 17.2 Å².